The van der Waals surface area contributed by atoms with Crippen LogP contribution >= 0.6 is 0 Å². The van der Waals surface area contributed by atoms with Gasteiger partial charge in [0.2, 0.25) is 0 Å². The molecule has 2 rings (SSSR count). The first kappa shape index (κ1) is 12.4. The van der Waals surface area contributed by atoms with Crippen LogP contribution in [0, 0.1) is 5.82 Å². The van der Waals surface area contributed by atoms with Gasteiger partial charge in [-0.05, 0) is 18.6 Å². The van der Waals surface area contributed by atoms with Crippen molar-refractivity contribution >= 4 is 5.69 Å². The molecule has 0 aliphatic heterocycles. The number of hydrogen-bond acceptors (Lipinski definition) is 2. The number of benzene rings is 2. The molecule has 94 valence electrons. The Kier molecular flexibility index (Phi) is 3.82. The lowest BCUT2D eigenvalue weighted by molar-refractivity contribution is 0.318. The van der Waals surface area contributed by atoms with Gasteiger partial charge >= 0.3 is 0 Å². The molecule has 0 radical (unpaired) electrons. The van der Waals surface area contributed by atoms with Gasteiger partial charge in [-0.1, -0.05) is 37.3 Å². The first-order valence-electron chi connectivity index (χ1n) is 6.00. The van der Waals surface area contributed by atoms with Gasteiger partial charge in [-0.3, -0.25) is 0 Å². The molecule has 0 aliphatic rings. The van der Waals surface area contributed by atoms with Crippen LogP contribution in [-0.4, -0.2) is 6.61 Å². The van der Waals surface area contributed by atoms with Crippen molar-refractivity contribution in [3.63, 3.8) is 0 Å². The third kappa shape index (κ3) is 2.45. The first-order chi connectivity index (χ1) is 8.74. The largest absolute Gasteiger partial charge is 0.493 e. The molecule has 2 aromatic carbocycles. The minimum absolute atomic E-state index is 0.157. The maximum atomic E-state index is 13.5. The number of nitrogens with two attached hydrogens (primary N) is 1. The van der Waals surface area contributed by atoms with Gasteiger partial charge in [0.15, 0.2) is 0 Å². The Bertz CT molecular complexity index is 540. The van der Waals surface area contributed by atoms with Crippen molar-refractivity contribution in [1.82, 2.24) is 0 Å². The zero-order valence-electron chi connectivity index (χ0n) is 10.3. The van der Waals surface area contributed by atoms with Crippen LogP contribution in [0.1, 0.15) is 13.3 Å². The summed E-state index contributed by atoms with van der Waals surface area (Å²) in [6.45, 7) is 2.67. The van der Waals surface area contributed by atoms with Crippen molar-refractivity contribution in [2.45, 2.75) is 13.3 Å². The highest BCUT2D eigenvalue weighted by molar-refractivity contribution is 5.80. The second-order valence-corrected chi connectivity index (χ2v) is 4.05. The smallest absolute Gasteiger partial charge is 0.146 e. The lowest BCUT2D eigenvalue weighted by Crippen LogP contribution is -1.99. The van der Waals surface area contributed by atoms with Crippen molar-refractivity contribution in [3.05, 3.63) is 48.3 Å². The highest BCUT2D eigenvalue weighted by atomic mass is 19.1. The molecule has 0 unspecified atom stereocenters. The zero-order valence-corrected chi connectivity index (χ0v) is 10.3. The number of rotatable bonds is 4. The van der Waals surface area contributed by atoms with Crippen LogP contribution in [-0.2, 0) is 0 Å². The van der Waals surface area contributed by atoms with Gasteiger partial charge in [-0.2, -0.15) is 0 Å². The van der Waals surface area contributed by atoms with Crippen molar-refractivity contribution in [2.75, 3.05) is 12.3 Å². The molecule has 0 fully saturated rings. The fourth-order valence-electron chi connectivity index (χ4n) is 1.80. The Labute approximate surface area is 106 Å². The number of anilines is 1. The van der Waals surface area contributed by atoms with E-state index in [1.54, 1.807) is 12.1 Å². The number of para-hydroxylation sites is 2. The van der Waals surface area contributed by atoms with Crippen molar-refractivity contribution < 1.29 is 9.13 Å². The summed E-state index contributed by atoms with van der Waals surface area (Å²) in [7, 11) is 0. The number of ether oxygens (including phenoxy) is 1. The molecule has 2 nitrogen and oxygen atoms in total. The highest BCUT2D eigenvalue weighted by Gasteiger charge is 2.11. The second kappa shape index (κ2) is 5.54. The Morgan fingerprint density at radius 1 is 1.06 bits per heavy atom. The lowest BCUT2D eigenvalue weighted by Gasteiger charge is -2.12. The van der Waals surface area contributed by atoms with Crippen LogP contribution in [0.4, 0.5) is 10.1 Å². The molecule has 18 heavy (non-hydrogen) atoms. The van der Waals surface area contributed by atoms with E-state index in [4.69, 9.17) is 10.5 Å². The van der Waals surface area contributed by atoms with E-state index in [0.717, 1.165) is 17.7 Å². The minimum atomic E-state index is -0.405. The molecule has 0 heterocycles. The molecule has 0 amide bonds. The van der Waals surface area contributed by atoms with Crippen LogP contribution in [0.3, 0.4) is 0 Å². The fraction of sp³-hybridized carbons (Fsp3) is 0.200. The van der Waals surface area contributed by atoms with Gasteiger partial charge in [0.25, 0.3) is 0 Å². The predicted molar refractivity (Wildman–Crippen MR) is 72.0 cm³/mol. The third-order valence-electron chi connectivity index (χ3n) is 2.69. The lowest BCUT2D eigenvalue weighted by atomic mass is 10.0. The van der Waals surface area contributed by atoms with Crippen LogP contribution in [0.5, 0.6) is 5.75 Å². The summed E-state index contributed by atoms with van der Waals surface area (Å²) in [5, 5.41) is 0. The van der Waals surface area contributed by atoms with Crippen LogP contribution in [0.2, 0.25) is 0 Å². The number of halogens is 1. The second-order valence-electron chi connectivity index (χ2n) is 4.05. The number of hydrogen-bond donors (Lipinski definition) is 1. The predicted octanol–water partition coefficient (Wildman–Crippen LogP) is 3.86. The molecule has 0 aromatic heterocycles. The van der Waals surface area contributed by atoms with E-state index < -0.39 is 5.82 Å². The summed E-state index contributed by atoms with van der Waals surface area (Å²) >= 11 is 0. The minimum Gasteiger partial charge on any atom is -0.493 e. The Balaban J connectivity index is 2.46. The van der Waals surface area contributed by atoms with Crippen molar-refractivity contribution in [1.29, 1.82) is 0 Å². The molecular weight excluding hydrogens is 229 g/mol. The molecule has 0 bridgehead atoms. The summed E-state index contributed by atoms with van der Waals surface area (Å²) < 4.78 is 19.1. The summed E-state index contributed by atoms with van der Waals surface area (Å²) in [5.74, 6) is 0.328. The summed E-state index contributed by atoms with van der Waals surface area (Å²) in [5.41, 5.74) is 7.43. The average Bonchev–Trinajstić information content (AvgIpc) is 2.40. The first-order valence-corrected chi connectivity index (χ1v) is 6.00. The normalized spacial score (nSPS) is 10.3. The van der Waals surface area contributed by atoms with Crippen LogP contribution < -0.4 is 10.5 Å². The van der Waals surface area contributed by atoms with Gasteiger partial charge in [-0.25, -0.2) is 4.39 Å². The van der Waals surface area contributed by atoms with Crippen LogP contribution in [0.15, 0.2) is 42.5 Å². The quantitative estimate of drug-likeness (QED) is 0.830. The molecule has 3 heteroatoms. The Hall–Kier alpha value is -2.03. The monoisotopic (exact) mass is 245 g/mol. The molecule has 2 aromatic rings. The summed E-state index contributed by atoms with van der Waals surface area (Å²) in [4.78, 5) is 0. The number of nitrogen functional groups attached to an aromatic ring is 1. The molecule has 0 aliphatic carbocycles. The van der Waals surface area contributed by atoms with E-state index in [9.17, 15) is 4.39 Å². The molecule has 2 N–H and O–H groups in total. The Morgan fingerprint density at radius 3 is 2.56 bits per heavy atom. The fourth-order valence-corrected chi connectivity index (χ4v) is 1.80. The van der Waals surface area contributed by atoms with Gasteiger partial charge in [0, 0.05) is 11.1 Å². The molecular formula is C15H16FNO. The molecule has 0 atom stereocenters. The van der Waals surface area contributed by atoms with Crippen molar-refractivity contribution in [2.24, 2.45) is 0 Å². The van der Waals surface area contributed by atoms with E-state index in [0.29, 0.717) is 12.2 Å². The van der Waals surface area contributed by atoms with Crippen molar-refractivity contribution in [3.8, 4) is 16.9 Å². The van der Waals surface area contributed by atoms with E-state index in [2.05, 4.69) is 0 Å². The maximum absolute atomic E-state index is 13.5. The SMILES string of the molecule is CCCOc1ccccc1-c1cccc(F)c1N. The van der Waals surface area contributed by atoms with E-state index in [1.165, 1.54) is 6.07 Å². The summed E-state index contributed by atoms with van der Waals surface area (Å²) in [6.07, 6.45) is 0.924. The molecule has 0 spiro atoms. The van der Waals surface area contributed by atoms with E-state index in [-0.39, 0.29) is 5.69 Å². The van der Waals surface area contributed by atoms with E-state index >= 15 is 0 Å². The highest BCUT2D eigenvalue weighted by Crippen LogP contribution is 2.34. The summed E-state index contributed by atoms with van der Waals surface area (Å²) in [6, 6.07) is 12.3. The van der Waals surface area contributed by atoms with Gasteiger partial charge in [0.1, 0.15) is 11.6 Å². The van der Waals surface area contributed by atoms with Crippen LogP contribution in [0.25, 0.3) is 11.1 Å². The van der Waals surface area contributed by atoms with Gasteiger partial charge in [-0.15, -0.1) is 0 Å². The molecule has 0 saturated heterocycles. The third-order valence-corrected chi connectivity index (χ3v) is 2.69. The Morgan fingerprint density at radius 2 is 1.78 bits per heavy atom. The zero-order chi connectivity index (χ0) is 13.0. The van der Waals surface area contributed by atoms with Gasteiger partial charge in [0.05, 0.1) is 12.3 Å². The standard InChI is InChI=1S/C15H16FNO/c1-2-10-18-14-9-4-3-6-11(14)12-7-5-8-13(16)15(12)17/h3-9H,2,10,17H2,1H3. The van der Waals surface area contributed by atoms with Gasteiger partial charge < -0.3 is 10.5 Å². The topological polar surface area (TPSA) is 35.2 Å². The molecule has 0 saturated carbocycles. The van der Waals surface area contributed by atoms with E-state index in [1.807, 2.05) is 31.2 Å². The maximum Gasteiger partial charge on any atom is 0.146 e. The average molecular weight is 245 g/mol.